The lowest BCUT2D eigenvalue weighted by molar-refractivity contribution is -0.131. The number of methoxy groups -OCH3 is 2. The molecule has 0 saturated heterocycles. The van der Waals surface area contributed by atoms with Crippen molar-refractivity contribution in [2.75, 3.05) is 99.8 Å². The molecule has 4 N–H and O–H groups in total. The SMILES string of the molecule is CCCOCCNC(=O)C(Cc1ccc(OP(O)(=S)C(C)(C)C)cc1)N(CC(=O)NCCOCCOC)CC(=O)NCCOCCOC. The highest BCUT2D eigenvalue weighted by atomic mass is 32.5. The van der Waals surface area contributed by atoms with Crippen molar-refractivity contribution in [3.8, 4) is 5.75 Å². The molecule has 16 heteroatoms. The molecular weight excluding hydrogens is 663 g/mol. The van der Waals surface area contributed by atoms with Crippen LogP contribution in [0.2, 0.25) is 0 Å². The predicted molar refractivity (Wildman–Crippen MR) is 188 cm³/mol. The molecule has 0 saturated carbocycles. The Kier molecular flexibility index (Phi) is 22.7. The van der Waals surface area contributed by atoms with E-state index in [1.165, 1.54) is 0 Å². The summed E-state index contributed by atoms with van der Waals surface area (Å²) in [5.41, 5.74) is 0.746. The lowest BCUT2D eigenvalue weighted by atomic mass is 10.0. The molecule has 1 rings (SSSR count). The Hall–Kier alpha value is -2.20. The van der Waals surface area contributed by atoms with Crippen molar-refractivity contribution in [2.45, 2.75) is 51.7 Å². The van der Waals surface area contributed by atoms with E-state index in [-0.39, 0.29) is 70.1 Å². The Balaban J connectivity index is 3.17. The smallest absolute Gasteiger partial charge is 0.240 e. The van der Waals surface area contributed by atoms with Gasteiger partial charge < -0.3 is 49.1 Å². The molecule has 0 bridgehead atoms. The molecule has 1 aromatic carbocycles. The first-order valence-electron chi connectivity index (χ1n) is 16.2. The number of carbonyl (C=O) groups excluding carboxylic acids is 3. The van der Waals surface area contributed by atoms with E-state index in [2.05, 4.69) is 16.0 Å². The molecule has 14 nitrogen and oxygen atoms in total. The molecule has 0 fully saturated rings. The van der Waals surface area contributed by atoms with Gasteiger partial charge in [0.05, 0.1) is 65.4 Å². The van der Waals surface area contributed by atoms with Gasteiger partial charge in [0.2, 0.25) is 24.2 Å². The van der Waals surface area contributed by atoms with Crippen LogP contribution in [0.1, 0.15) is 39.7 Å². The summed E-state index contributed by atoms with van der Waals surface area (Å²) in [6.45, 7) is 7.78. The van der Waals surface area contributed by atoms with Crippen LogP contribution < -0.4 is 20.5 Å². The van der Waals surface area contributed by atoms with Gasteiger partial charge in [-0.25, -0.2) is 0 Å². The van der Waals surface area contributed by atoms with Crippen LogP contribution in [0.25, 0.3) is 0 Å². The average molecular weight is 721 g/mol. The van der Waals surface area contributed by atoms with Gasteiger partial charge in [0.1, 0.15) is 5.75 Å². The second kappa shape index (κ2) is 24.9. The minimum absolute atomic E-state index is 0.176. The molecule has 276 valence electrons. The van der Waals surface area contributed by atoms with Gasteiger partial charge in [0, 0.05) is 45.6 Å². The Morgan fingerprint density at radius 3 is 1.73 bits per heavy atom. The van der Waals surface area contributed by atoms with E-state index in [0.29, 0.717) is 45.4 Å². The number of rotatable bonds is 27. The summed E-state index contributed by atoms with van der Waals surface area (Å²) in [5, 5.41) is 7.86. The van der Waals surface area contributed by atoms with Gasteiger partial charge in [0.15, 0.2) is 0 Å². The molecule has 48 heavy (non-hydrogen) atoms. The van der Waals surface area contributed by atoms with Crippen LogP contribution in [0.15, 0.2) is 24.3 Å². The summed E-state index contributed by atoms with van der Waals surface area (Å²) in [6, 6.07) is 6.01. The van der Waals surface area contributed by atoms with Crippen LogP contribution in [0.5, 0.6) is 5.75 Å². The average Bonchev–Trinajstić information content (AvgIpc) is 3.02. The number of amides is 3. The minimum Gasteiger partial charge on any atom is -0.443 e. The Morgan fingerprint density at radius 2 is 1.27 bits per heavy atom. The van der Waals surface area contributed by atoms with Crippen molar-refractivity contribution in [1.29, 1.82) is 0 Å². The molecule has 2 atom stereocenters. The standard InChI is InChI=1S/C32H57N4O10PS/c1-7-15-43-18-14-35-31(39)28(23-26-8-10-27(11-9-26)46-47(40,48)32(2,3)4)36(24-29(37)33-12-16-44-21-19-41-5)25-30(38)34-13-17-45-22-20-42-6/h8-11,28H,7,12-25H2,1-6H3,(H,33,37)(H,34,38)(H,35,39)(H,40,48). The van der Waals surface area contributed by atoms with Gasteiger partial charge in [0.25, 0.3) is 0 Å². The Morgan fingerprint density at radius 1 is 0.792 bits per heavy atom. The number of nitrogens with zero attached hydrogens (tertiary/aromatic N) is 1. The highest BCUT2D eigenvalue weighted by Gasteiger charge is 2.33. The normalized spacial score (nSPS) is 13.5. The van der Waals surface area contributed by atoms with E-state index in [1.807, 2.05) is 27.7 Å². The summed E-state index contributed by atoms with van der Waals surface area (Å²) in [5.74, 6) is -0.695. The number of carbonyl (C=O) groups is 3. The van der Waals surface area contributed by atoms with Crippen molar-refractivity contribution >= 4 is 36.0 Å². The van der Waals surface area contributed by atoms with E-state index < -0.39 is 17.7 Å². The maximum Gasteiger partial charge on any atom is 0.240 e. The highest BCUT2D eigenvalue weighted by Crippen LogP contribution is 2.54. The molecule has 0 aromatic heterocycles. The maximum absolute atomic E-state index is 13.7. The topological polar surface area (TPSA) is 166 Å². The zero-order chi connectivity index (χ0) is 35.8. The first-order chi connectivity index (χ1) is 22.8. The molecule has 0 aliphatic rings. The minimum atomic E-state index is -3.13. The number of benzene rings is 1. The number of hydrogen-bond donors (Lipinski definition) is 4. The Bertz CT molecular complexity index is 1080. The third kappa shape index (κ3) is 19.1. The van der Waals surface area contributed by atoms with Gasteiger partial charge in [-0.05, 0) is 42.3 Å². The van der Waals surface area contributed by atoms with E-state index in [4.69, 9.17) is 40.0 Å². The van der Waals surface area contributed by atoms with Gasteiger partial charge in [-0.2, -0.15) is 0 Å². The lowest BCUT2D eigenvalue weighted by Crippen LogP contribution is -2.54. The molecular formula is C32H57N4O10PS. The summed E-state index contributed by atoms with van der Waals surface area (Å²) in [4.78, 5) is 52.1. The Labute approximate surface area is 291 Å². The number of ether oxygens (including phenoxy) is 5. The van der Waals surface area contributed by atoms with Crippen LogP contribution in [0, 0.1) is 0 Å². The molecule has 0 spiro atoms. The first-order valence-corrected chi connectivity index (χ1v) is 18.9. The third-order valence-electron chi connectivity index (χ3n) is 6.76. The first kappa shape index (κ1) is 43.8. The molecule has 0 aliphatic heterocycles. The van der Waals surface area contributed by atoms with E-state index in [1.54, 1.807) is 43.4 Å². The van der Waals surface area contributed by atoms with Crippen LogP contribution in [0.3, 0.4) is 0 Å². The maximum atomic E-state index is 13.7. The molecule has 0 heterocycles. The van der Waals surface area contributed by atoms with Crippen molar-refractivity contribution in [3.63, 3.8) is 0 Å². The molecule has 1 aromatic rings. The van der Waals surface area contributed by atoms with Gasteiger partial charge in [-0.1, -0.05) is 39.8 Å². The largest absolute Gasteiger partial charge is 0.443 e. The molecule has 3 amide bonds. The van der Waals surface area contributed by atoms with Crippen LogP contribution >= 0.6 is 6.49 Å². The van der Waals surface area contributed by atoms with Gasteiger partial charge in [-0.3, -0.25) is 19.3 Å². The zero-order valence-corrected chi connectivity index (χ0v) is 31.1. The number of hydrogen-bond acceptors (Lipinski definition) is 11. The van der Waals surface area contributed by atoms with Crippen LogP contribution in [-0.4, -0.2) is 139 Å². The fourth-order valence-corrected chi connectivity index (χ4v) is 4.90. The van der Waals surface area contributed by atoms with E-state index >= 15 is 0 Å². The predicted octanol–water partition coefficient (Wildman–Crippen LogP) is 1.48. The number of nitrogens with one attached hydrogen (secondary N) is 3. The summed E-state index contributed by atoms with van der Waals surface area (Å²) in [6.07, 6.45) is 1.03. The third-order valence-corrected chi connectivity index (χ3v) is 10.8. The molecule has 0 aliphatic carbocycles. The molecule has 0 radical (unpaired) electrons. The zero-order valence-electron chi connectivity index (χ0n) is 29.4. The van der Waals surface area contributed by atoms with Crippen molar-refractivity contribution in [3.05, 3.63) is 29.8 Å². The van der Waals surface area contributed by atoms with Crippen molar-refractivity contribution in [2.24, 2.45) is 0 Å². The second-order valence-corrected chi connectivity index (χ2v) is 15.9. The summed E-state index contributed by atoms with van der Waals surface area (Å²) >= 11 is 5.37. The van der Waals surface area contributed by atoms with Crippen LogP contribution in [-0.2, 0) is 56.3 Å². The second-order valence-electron chi connectivity index (χ2n) is 11.9. The summed E-state index contributed by atoms with van der Waals surface area (Å²) in [7, 11) is 3.15. The fourth-order valence-electron chi connectivity index (χ4n) is 3.96. The van der Waals surface area contributed by atoms with E-state index in [0.717, 1.165) is 12.0 Å². The highest BCUT2D eigenvalue weighted by molar-refractivity contribution is 8.10. The fraction of sp³-hybridized carbons (Fsp3) is 0.719. The van der Waals surface area contributed by atoms with Gasteiger partial charge >= 0.3 is 0 Å². The van der Waals surface area contributed by atoms with Crippen molar-refractivity contribution < 1.29 is 47.5 Å². The van der Waals surface area contributed by atoms with Gasteiger partial charge in [-0.15, -0.1) is 0 Å². The lowest BCUT2D eigenvalue weighted by Gasteiger charge is -2.30. The van der Waals surface area contributed by atoms with E-state index in [9.17, 15) is 19.3 Å². The summed E-state index contributed by atoms with van der Waals surface area (Å²) < 4.78 is 32.1. The monoisotopic (exact) mass is 720 g/mol. The van der Waals surface area contributed by atoms with Crippen LogP contribution in [0.4, 0.5) is 0 Å². The molecule has 2 unspecified atom stereocenters. The quantitative estimate of drug-likeness (QED) is 0.0766. The van der Waals surface area contributed by atoms with Crippen molar-refractivity contribution in [1.82, 2.24) is 20.9 Å².